The summed E-state index contributed by atoms with van der Waals surface area (Å²) >= 11 is 3.55. The predicted molar refractivity (Wildman–Crippen MR) is 80.6 cm³/mol. The van der Waals surface area contributed by atoms with Crippen molar-refractivity contribution in [3.8, 4) is 0 Å². The van der Waals surface area contributed by atoms with E-state index in [0.29, 0.717) is 0 Å². The smallest absolute Gasteiger partial charge is 0.132 e. The van der Waals surface area contributed by atoms with Gasteiger partial charge in [-0.1, -0.05) is 6.07 Å². The fourth-order valence-corrected chi connectivity index (χ4v) is 3.11. The SMILES string of the molecule is Cc1ccc2c(Br)nc(CCN3CCNCC3)n2c1. The summed E-state index contributed by atoms with van der Waals surface area (Å²) in [5, 5.41) is 3.38. The Bertz CT molecular complexity index is 572. The number of nitrogens with one attached hydrogen (secondary N) is 1. The summed E-state index contributed by atoms with van der Waals surface area (Å²) < 4.78 is 3.16. The van der Waals surface area contributed by atoms with Gasteiger partial charge in [-0.2, -0.15) is 0 Å². The summed E-state index contributed by atoms with van der Waals surface area (Å²) in [4.78, 5) is 7.15. The molecule has 5 heteroatoms. The molecule has 0 unspecified atom stereocenters. The van der Waals surface area contributed by atoms with Crippen LogP contribution in [0.25, 0.3) is 5.52 Å². The van der Waals surface area contributed by atoms with Crippen molar-refractivity contribution in [2.45, 2.75) is 13.3 Å². The molecule has 19 heavy (non-hydrogen) atoms. The molecule has 0 atom stereocenters. The molecule has 1 aliphatic heterocycles. The number of fused-ring (bicyclic) bond motifs is 1. The number of hydrogen-bond acceptors (Lipinski definition) is 3. The van der Waals surface area contributed by atoms with Crippen LogP contribution in [0.1, 0.15) is 11.4 Å². The van der Waals surface area contributed by atoms with E-state index in [1.165, 1.54) is 5.56 Å². The second kappa shape index (κ2) is 5.61. The molecule has 3 rings (SSSR count). The molecular formula is C14H19BrN4. The monoisotopic (exact) mass is 322 g/mol. The number of pyridine rings is 1. The standard InChI is InChI=1S/C14H19BrN4/c1-11-2-3-12-14(15)17-13(19(12)10-11)4-7-18-8-5-16-6-9-18/h2-3,10,16H,4-9H2,1H3. The summed E-state index contributed by atoms with van der Waals surface area (Å²) in [5.74, 6) is 1.14. The number of imidazole rings is 1. The van der Waals surface area contributed by atoms with E-state index in [-0.39, 0.29) is 0 Å². The highest BCUT2D eigenvalue weighted by molar-refractivity contribution is 9.10. The molecule has 0 aromatic carbocycles. The fourth-order valence-electron chi connectivity index (χ4n) is 2.58. The van der Waals surface area contributed by atoms with Crippen molar-refractivity contribution >= 4 is 21.4 Å². The van der Waals surface area contributed by atoms with E-state index in [1.807, 2.05) is 0 Å². The third-order valence-electron chi connectivity index (χ3n) is 3.67. The molecule has 2 aromatic rings. The zero-order valence-corrected chi connectivity index (χ0v) is 12.8. The van der Waals surface area contributed by atoms with Crippen LogP contribution in [-0.4, -0.2) is 47.0 Å². The molecular weight excluding hydrogens is 304 g/mol. The maximum atomic E-state index is 4.65. The van der Waals surface area contributed by atoms with E-state index in [1.54, 1.807) is 0 Å². The Balaban J connectivity index is 1.78. The predicted octanol–water partition coefficient (Wildman–Crippen LogP) is 1.85. The van der Waals surface area contributed by atoms with Crippen molar-refractivity contribution in [1.82, 2.24) is 19.6 Å². The van der Waals surface area contributed by atoms with Gasteiger partial charge >= 0.3 is 0 Å². The van der Waals surface area contributed by atoms with Crippen LogP contribution in [0.5, 0.6) is 0 Å². The Labute approximate surface area is 121 Å². The average Bonchev–Trinajstić information content (AvgIpc) is 2.74. The van der Waals surface area contributed by atoms with Crippen molar-refractivity contribution in [1.29, 1.82) is 0 Å². The van der Waals surface area contributed by atoms with Gasteiger partial charge in [-0.15, -0.1) is 0 Å². The summed E-state index contributed by atoms with van der Waals surface area (Å²) in [6.45, 7) is 7.69. The van der Waals surface area contributed by atoms with Gasteiger partial charge in [0.15, 0.2) is 0 Å². The molecule has 0 amide bonds. The first-order valence-corrected chi connectivity index (χ1v) is 7.59. The van der Waals surface area contributed by atoms with Gasteiger partial charge < -0.3 is 14.6 Å². The lowest BCUT2D eigenvalue weighted by Gasteiger charge is -2.26. The van der Waals surface area contributed by atoms with Gasteiger partial charge in [0.2, 0.25) is 0 Å². The van der Waals surface area contributed by atoms with Gasteiger partial charge in [-0.3, -0.25) is 0 Å². The zero-order chi connectivity index (χ0) is 13.2. The van der Waals surface area contributed by atoms with Gasteiger partial charge in [0.1, 0.15) is 10.4 Å². The van der Waals surface area contributed by atoms with E-state index in [2.05, 4.69) is 60.8 Å². The molecule has 102 valence electrons. The molecule has 0 radical (unpaired) electrons. The van der Waals surface area contributed by atoms with Crippen LogP contribution in [0.4, 0.5) is 0 Å². The van der Waals surface area contributed by atoms with Crippen LogP contribution in [0.2, 0.25) is 0 Å². The number of halogens is 1. The van der Waals surface area contributed by atoms with Crippen molar-refractivity contribution in [3.63, 3.8) is 0 Å². The van der Waals surface area contributed by atoms with E-state index in [0.717, 1.165) is 55.1 Å². The first-order valence-electron chi connectivity index (χ1n) is 6.80. The van der Waals surface area contributed by atoms with E-state index >= 15 is 0 Å². The topological polar surface area (TPSA) is 32.6 Å². The molecule has 0 aliphatic carbocycles. The second-order valence-corrected chi connectivity index (χ2v) is 5.87. The Morgan fingerprint density at radius 3 is 2.89 bits per heavy atom. The summed E-state index contributed by atoms with van der Waals surface area (Å²) in [6, 6.07) is 4.25. The van der Waals surface area contributed by atoms with E-state index in [9.17, 15) is 0 Å². The molecule has 1 N–H and O–H groups in total. The quantitative estimate of drug-likeness (QED) is 0.936. The van der Waals surface area contributed by atoms with Gasteiger partial charge in [0.05, 0.1) is 5.52 Å². The van der Waals surface area contributed by atoms with Crippen LogP contribution in [0.3, 0.4) is 0 Å². The Kier molecular flexibility index (Phi) is 3.86. The van der Waals surface area contributed by atoms with E-state index in [4.69, 9.17) is 0 Å². The molecule has 1 aliphatic rings. The number of rotatable bonds is 3. The maximum Gasteiger partial charge on any atom is 0.132 e. The summed E-state index contributed by atoms with van der Waals surface area (Å²) in [7, 11) is 0. The van der Waals surface area contributed by atoms with Crippen LogP contribution in [-0.2, 0) is 6.42 Å². The Morgan fingerprint density at radius 2 is 2.11 bits per heavy atom. The third kappa shape index (κ3) is 2.83. The molecule has 0 bridgehead atoms. The first kappa shape index (κ1) is 13.1. The minimum Gasteiger partial charge on any atom is -0.314 e. The number of hydrogen-bond donors (Lipinski definition) is 1. The lowest BCUT2D eigenvalue weighted by atomic mass is 10.3. The fraction of sp³-hybridized carbons (Fsp3) is 0.500. The number of aryl methyl sites for hydroxylation is 1. The van der Waals surface area contributed by atoms with Crippen molar-refractivity contribution in [2.24, 2.45) is 0 Å². The molecule has 4 nitrogen and oxygen atoms in total. The maximum absolute atomic E-state index is 4.65. The minimum atomic E-state index is 0.947. The normalized spacial score (nSPS) is 17.2. The first-order chi connectivity index (χ1) is 9.24. The van der Waals surface area contributed by atoms with Crippen molar-refractivity contribution < 1.29 is 0 Å². The summed E-state index contributed by atoms with van der Waals surface area (Å²) in [5.41, 5.74) is 2.42. The summed E-state index contributed by atoms with van der Waals surface area (Å²) in [6.07, 6.45) is 3.16. The lowest BCUT2D eigenvalue weighted by Crippen LogP contribution is -2.44. The van der Waals surface area contributed by atoms with Crippen LogP contribution in [0.15, 0.2) is 22.9 Å². The van der Waals surface area contributed by atoms with Crippen LogP contribution < -0.4 is 5.32 Å². The number of nitrogens with zero attached hydrogens (tertiary/aromatic N) is 3. The molecule has 2 aromatic heterocycles. The van der Waals surface area contributed by atoms with E-state index < -0.39 is 0 Å². The Hall–Kier alpha value is -0.910. The second-order valence-electron chi connectivity index (χ2n) is 5.12. The van der Waals surface area contributed by atoms with Gasteiger partial charge in [-0.05, 0) is 34.5 Å². The van der Waals surface area contributed by atoms with Crippen LogP contribution >= 0.6 is 15.9 Å². The molecule has 1 fully saturated rings. The molecule has 0 saturated carbocycles. The number of aromatic nitrogens is 2. The zero-order valence-electron chi connectivity index (χ0n) is 11.2. The Morgan fingerprint density at radius 1 is 1.32 bits per heavy atom. The van der Waals surface area contributed by atoms with Crippen molar-refractivity contribution in [3.05, 3.63) is 34.3 Å². The highest BCUT2D eigenvalue weighted by Gasteiger charge is 2.13. The molecule has 0 spiro atoms. The highest BCUT2D eigenvalue weighted by Crippen LogP contribution is 2.20. The van der Waals surface area contributed by atoms with Gasteiger partial charge in [0, 0.05) is 45.3 Å². The third-order valence-corrected chi connectivity index (χ3v) is 4.26. The lowest BCUT2D eigenvalue weighted by molar-refractivity contribution is 0.242. The molecule has 3 heterocycles. The highest BCUT2D eigenvalue weighted by atomic mass is 79.9. The van der Waals surface area contributed by atoms with Crippen molar-refractivity contribution in [2.75, 3.05) is 32.7 Å². The van der Waals surface area contributed by atoms with Gasteiger partial charge in [-0.25, -0.2) is 4.98 Å². The average molecular weight is 323 g/mol. The molecule has 1 saturated heterocycles. The number of piperazine rings is 1. The van der Waals surface area contributed by atoms with Crippen LogP contribution in [0, 0.1) is 6.92 Å². The largest absolute Gasteiger partial charge is 0.314 e. The minimum absolute atomic E-state index is 0.947. The van der Waals surface area contributed by atoms with Gasteiger partial charge in [0.25, 0.3) is 0 Å².